The van der Waals surface area contributed by atoms with Crippen molar-refractivity contribution in [2.45, 2.75) is 6.42 Å². The van der Waals surface area contributed by atoms with Crippen LogP contribution in [-0.4, -0.2) is 31.0 Å². The van der Waals surface area contributed by atoms with E-state index in [0.29, 0.717) is 28.9 Å². The molecule has 0 bridgehead atoms. The van der Waals surface area contributed by atoms with Crippen molar-refractivity contribution in [1.29, 1.82) is 0 Å². The number of amides is 1. The van der Waals surface area contributed by atoms with Gasteiger partial charge >= 0.3 is 0 Å². The van der Waals surface area contributed by atoms with Crippen LogP contribution in [0.5, 0.6) is 5.75 Å². The number of benzene rings is 2. The van der Waals surface area contributed by atoms with Gasteiger partial charge in [-0.3, -0.25) is 4.79 Å². The summed E-state index contributed by atoms with van der Waals surface area (Å²) >= 11 is 11.9. The Kier molecular flexibility index (Phi) is 6.25. The van der Waals surface area contributed by atoms with Gasteiger partial charge in [-0.05, 0) is 42.0 Å². The maximum absolute atomic E-state index is 12.8. The number of nitrogens with zero attached hydrogens (tertiary/aromatic N) is 1. The molecule has 0 aromatic heterocycles. The van der Waals surface area contributed by atoms with Crippen molar-refractivity contribution in [3.8, 4) is 5.75 Å². The number of hydrogen-bond acceptors (Lipinski definition) is 2. The minimum Gasteiger partial charge on any atom is -0.492 e. The Bertz CT molecular complexity index is 677. The summed E-state index contributed by atoms with van der Waals surface area (Å²) in [5, 5.41) is 1.01. The van der Waals surface area contributed by atoms with Gasteiger partial charge in [-0.15, -0.1) is 0 Å². The number of hydrogen-bond donors (Lipinski definition) is 0. The first-order valence-electron chi connectivity index (χ1n) is 7.02. The van der Waals surface area contributed by atoms with Crippen LogP contribution in [0.4, 0.5) is 4.39 Å². The largest absolute Gasteiger partial charge is 0.492 e. The normalized spacial score (nSPS) is 10.4. The molecule has 23 heavy (non-hydrogen) atoms. The molecule has 0 atom stereocenters. The number of likely N-dealkylation sites (N-methyl/N-ethyl adjacent to an activating group) is 1. The van der Waals surface area contributed by atoms with E-state index in [-0.39, 0.29) is 18.1 Å². The predicted molar refractivity (Wildman–Crippen MR) is 89.7 cm³/mol. The molecule has 0 N–H and O–H groups in total. The van der Waals surface area contributed by atoms with E-state index in [9.17, 15) is 9.18 Å². The van der Waals surface area contributed by atoms with Crippen molar-refractivity contribution in [2.24, 2.45) is 0 Å². The summed E-state index contributed by atoms with van der Waals surface area (Å²) in [6.07, 6.45) is 0.197. The van der Waals surface area contributed by atoms with Gasteiger partial charge < -0.3 is 9.64 Å². The van der Waals surface area contributed by atoms with E-state index < -0.39 is 0 Å². The Balaban J connectivity index is 1.81. The maximum atomic E-state index is 12.8. The van der Waals surface area contributed by atoms with Crippen molar-refractivity contribution in [1.82, 2.24) is 4.90 Å². The molecule has 2 aromatic rings. The second-order valence-corrected chi connectivity index (χ2v) is 5.87. The Morgan fingerprint density at radius 1 is 1.17 bits per heavy atom. The molecule has 0 saturated carbocycles. The van der Waals surface area contributed by atoms with Gasteiger partial charge in [0, 0.05) is 17.1 Å². The number of carbonyl (C=O) groups is 1. The van der Waals surface area contributed by atoms with Gasteiger partial charge in [-0.1, -0.05) is 29.3 Å². The molecule has 0 fully saturated rings. The minimum atomic E-state index is -0.315. The summed E-state index contributed by atoms with van der Waals surface area (Å²) < 4.78 is 18.2. The SMILES string of the molecule is CN(CCOc1ccc(F)cc1)C(=O)Cc1ccc(Cl)cc1Cl. The van der Waals surface area contributed by atoms with Crippen molar-refractivity contribution in [2.75, 3.05) is 20.2 Å². The van der Waals surface area contributed by atoms with E-state index in [0.717, 1.165) is 5.56 Å². The summed E-state index contributed by atoms with van der Waals surface area (Å²) in [4.78, 5) is 13.7. The third kappa shape index (κ3) is 5.41. The van der Waals surface area contributed by atoms with Crippen molar-refractivity contribution < 1.29 is 13.9 Å². The first-order chi connectivity index (χ1) is 11.0. The topological polar surface area (TPSA) is 29.5 Å². The Labute approximate surface area is 144 Å². The number of rotatable bonds is 6. The zero-order valence-corrected chi connectivity index (χ0v) is 14.1. The maximum Gasteiger partial charge on any atom is 0.226 e. The molecule has 1 amide bonds. The molecule has 122 valence electrons. The lowest BCUT2D eigenvalue weighted by Gasteiger charge is -2.18. The molecule has 0 heterocycles. The van der Waals surface area contributed by atoms with E-state index >= 15 is 0 Å². The van der Waals surface area contributed by atoms with Crippen LogP contribution in [0.2, 0.25) is 10.0 Å². The van der Waals surface area contributed by atoms with E-state index in [1.54, 1.807) is 42.3 Å². The van der Waals surface area contributed by atoms with E-state index in [2.05, 4.69) is 0 Å². The van der Waals surface area contributed by atoms with E-state index in [1.807, 2.05) is 0 Å². The molecule has 0 aliphatic rings. The van der Waals surface area contributed by atoms with Crippen LogP contribution in [0, 0.1) is 5.82 Å². The van der Waals surface area contributed by atoms with Gasteiger partial charge in [-0.25, -0.2) is 4.39 Å². The highest BCUT2D eigenvalue weighted by atomic mass is 35.5. The first kappa shape index (κ1) is 17.6. The minimum absolute atomic E-state index is 0.0723. The number of ether oxygens (including phenoxy) is 1. The highest BCUT2D eigenvalue weighted by Gasteiger charge is 2.12. The van der Waals surface area contributed by atoms with Crippen molar-refractivity contribution in [3.05, 3.63) is 63.9 Å². The molecule has 0 saturated heterocycles. The van der Waals surface area contributed by atoms with Gasteiger partial charge in [0.05, 0.1) is 13.0 Å². The van der Waals surface area contributed by atoms with Crippen LogP contribution in [0.25, 0.3) is 0 Å². The Morgan fingerprint density at radius 2 is 1.87 bits per heavy atom. The quantitative estimate of drug-likeness (QED) is 0.776. The summed E-state index contributed by atoms with van der Waals surface area (Å²) in [7, 11) is 1.69. The predicted octanol–water partition coefficient (Wildman–Crippen LogP) is 4.21. The van der Waals surface area contributed by atoms with E-state index in [4.69, 9.17) is 27.9 Å². The summed E-state index contributed by atoms with van der Waals surface area (Å²) in [5.74, 6) is 0.175. The van der Waals surface area contributed by atoms with Gasteiger partial charge in [-0.2, -0.15) is 0 Å². The third-order valence-corrected chi connectivity index (χ3v) is 3.88. The summed E-state index contributed by atoms with van der Waals surface area (Å²) in [6.45, 7) is 0.740. The Morgan fingerprint density at radius 3 is 2.52 bits per heavy atom. The molecule has 0 unspecified atom stereocenters. The van der Waals surface area contributed by atoms with Crippen LogP contribution in [0.3, 0.4) is 0 Å². The van der Waals surface area contributed by atoms with Gasteiger partial charge in [0.25, 0.3) is 0 Å². The monoisotopic (exact) mass is 355 g/mol. The average Bonchev–Trinajstić information content (AvgIpc) is 2.51. The Hall–Kier alpha value is -1.78. The van der Waals surface area contributed by atoms with Gasteiger partial charge in [0.15, 0.2) is 0 Å². The zero-order valence-electron chi connectivity index (χ0n) is 12.6. The summed E-state index contributed by atoms with van der Waals surface area (Å²) in [6, 6.07) is 10.8. The number of carbonyl (C=O) groups excluding carboxylic acids is 1. The molecule has 2 aromatic carbocycles. The molecule has 0 radical (unpaired) electrons. The van der Waals surface area contributed by atoms with Crippen molar-refractivity contribution >= 4 is 29.1 Å². The molecule has 0 spiro atoms. The van der Waals surface area contributed by atoms with Crippen LogP contribution in [0.15, 0.2) is 42.5 Å². The number of halogens is 3. The summed E-state index contributed by atoms with van der Waals surface area (Å²) in [5.41, 5.74) is 0.729. The van der Waals surface area contributed by atoms with Crippen LogP contribution in [0.1, 0.15) is 5.56 Å². The molecule has 2 rings (SSSR count). The smallest absolute Gasteiger partial charge is 0.226 e. The van der Waals surface area contributed by atoms with Gasteiger partial charge in [0.2, 0.25) is 5.91 Å². The standard InChI is InChI=1S/C17H16Cl2FNO2/c1-21(8-9-23-15-6-4-14(20)5-7-15)17(22)10-12-2-3-13(18)11-16(12)19/h2-7,11H,8-10H2,1H3. The van der Waals surface area contributed by atoms with Crippen LogP contribution < -0.4 is 4.74 Å². The highest BCUT2D eigenvalue weighted by molar-refractivity contribution is 6.35. The third-order valence-electron chi connectivity index (χ3n) is 3.29. The fourth-order valence-electron chi connectivity index (χ4n) is 1.92. The van der Waals surface area contributed by atoms with E-state index in [1.165, 1.54) is 12.1 Å². The first-order valence-corrected chi connectivity index (χ1v) is 7.77. The highest BCUT2D eigenvalue weighted by Crippen LogP contribution is 2.21. The molecular formula is C17H16Cl2FNO2. The molecule has 3 nitrogen and oxygen atoms in total. The lowest BCUT2D eigenvalue weighted by Crippen LogP contribution is -2.32. The van der Waals surface area contributed by atoms with Crippen LogP contribution >= 0.6 is 23.2 Å². The van der Waals surface area contributed by atoms with Crippen molar-refractivity contribution in [3.63, 3.8) is 0 Å². The second-order valence-electron chi connectivity index (χ2n) is 5.03. The fraction of sp³-hybridized carbons (Fsp3) is 0.235. The van der Waals surface area contributed by atoms with Gasteiger partial charge in [0.1, 0.15) is 18.2 Å². The zero-order chi connectivity index (χ0) is 16.8. The second kappa shape index (κ2) is 8.18. The molecular weight excluding hydrogens is 340 g/mol. The lowest BCUT2D eigenvalue weighted by atomic mass is 10.1. The average molecular weight is 356 g/mol. The fourth-order valence-corrected chi connectivity index (χ4v) is 2.39. The molecule has 6 heteroatoms. The van der Waals surface area contributed by atoms with Crippen LogP contribution in [-0.2, 0) is 11.2 Å². The molecule has 0 aliphatic heterocycles. The lowest BCUT2D eigenvalue weighted by molar-refractivity contribution is -0.129. The molecule has 0 aliphatic carbocycles.